The van der Waals surface area contributed by atoms with Gasteiger partial charge in [-0.1, -0.05) is 19.3 Å². The van der Waals surface area contributed by atoms with Gasteiger partial charge in [0.1, 0.15) is 24.8 Å². The van der Waals surface area contributed by atoms with Gasteiger partial charge in [0.25, 0.3) is 0 Å². The number of nitrogens with zero attached hydrogens (tertiary/aromatic N) is 3. The smallest absolute Gasteiger partial charge is 0.183 e. The molecule has 2 saturated heterocycles. The van der Waals surface area contributed by atoms with Crippen molar-refractivity contribution >= 4 is 0 Å². The molecule has 1 aromatic heterocycles. The van der Waals surface area contributed by atoms with Gasteiger partial charge < -0.3 is 19.9 Å². The lowest BCUT2D eigenvalue weighted by Gasteiger charge is -2.39. The van der Waals surface area contributed by atoms with E-state index in [-0.39, 0.29) is 18.2 Å². The molecule has 7 heteroatoms. The summed E-state index contributed by atoms with van der Waals surface area (Å²) in [6.07, 6.45) is 8.56. The minimum Gasteiger partial charge on any atom is -0.389 e. The van der Waals surface area contributed by atoms with Crippen LogP contribution in [0.1, 0.15) is 38.1 Å². The van der Waals surface area contributed by atoms with Crippen molar-refractivity contribution in [3.8, 4) is 0 Å². The number of hydrogen-bond donors (Lipinski definition) is 2. The van der Waals surface area contributed by atoms with E-state index in [0.717, 1.165) is 6.54 Å². The predicted molar refractivity (Wildman–Crippen MR) is 78.0 cm³/mol. The van der Waals surface area contributed by atoms with Gasteiger partial charge in [-0.05, 0) is 25.3 Å². The van der Waals surface area contributed by atoms with Crippen LogP contribution in [-0.4, -0.2) is 57.6 Å². The van der Waals surface area contributed by atoms with E-state index in [2.05, 4.69) is 15.4 Å². The minimum absolute atomic E-state index is 0.0802. The maximum Gasteiger partial charge on any atom is 0.183 e. The lowest BCUT2D eigenvalue weighted by atomic mass is 9.88. The highest BCUT2D eigenvalue weighted by molar-refractivity contribution is 4.99. The maximum absolute atomic E-state index is 10.8. The summed E-state index contributed by atoms with van der Waals surface area (Å²) >= 11 is 0. The zero-order valence-corrected chi connectivity index (χ0v) is 12.7. The zero-order chi connectivity index (χ0) is 14.9. The third-order valence-corrected chi connectivity index (χ3v) is 5.24. The summed E-state index contributed by atoms with van der Waals surface area (Å²) in [5, 5.41) is 18.5. The second kappa shape index (κ2) is 6.23. The van der Waals surface area contributed by atoms with Crippen LogP contribution in [0.15, 0.2) is 12.7 Å². The molecule has 5 atom stereocenters. The fourth-order valence-corrected chi connectivity index (χ4v) is 4.00. The molecule has 3 aliphatic rings. The fourth-order valence-electron chi connectivity index (χ4n) is 4.00. The van der Waals surface area contributed by atoms with Crippen molar-refractivity contribution in [2.75, 3.05) is 13.2 Å². The molecule has 4 rings (SSSR count). The van der Waals surface area contributed by atoms with E-state index < -0.39 is 12.4 Å². The van der Waals surface area contributed by atoms with E-state index in [1.807, 2.05) is 0 Å². The van der Waals surface area contributed by atoms with Crippen molar-refractivity contribution in [2.24, 2.45) is 5.92 Å². The van der Waals surface area contributed by atoms with Crippen LogP contribution in [0.2, 0.25) is 0 Å². The Labute approximate surface area is 130 Å². The second-order valence-corrected chi connectivity index (χ2v) is 6.67. The molecule has 7 nitrogen and oxygen atoms in total. The van der Waals surface area contributed by atoms with Gasteiger partial charge >= 0.3 is 0 Å². The quantitative estimate of drug-likeness (QED) is 0.842. The van der Waals surface area contributed by atoms with E-state index in [1.165, 1.54) is 38.4 Å². The molecule has 0 amide bonds. The van der Waals surface area contributed by atoms with Gasteiger partial charge in [0.2, 0.25) is 0 Å². The average Bonchev–Trinajstić information content (AvgIpc) is 3.20. The monoisotopic (exact) mass is 308 g/mol. The second-order valence-electron chi connectivity index (χ2n) is 6.67. The van der Waals surface area contributed by atoms with Crippen LogP contribution in [0, 0.1) is 5.92 Å². The van der Waals surface area contributed by atoms with Gasteiger partial charge in [-0.2, -0.15) is 5.10 Å². The number of nitrogens with one attached hydrogen (secondary N) is 1. The summed E-state index contributed by atoms with van der Waals surface area (Å²) < 4.78 is 13.3. The molecule has 2 bridgehead atoms. The molecule has 0 aromatic carbocycles. The Morgan fingerprint density at radius 3 is 2.91 bits per heavy atom. The van der Waals surface area contributed by atoms with E-state index in [1.54, 1.807) is 11.0 Å². The number of ether oxygens (including phenoxy) is 2. The van der Waals surface area contributed by atoms with Gasteiger partial charge in [0.15, 0.2) is 6.29 Å². The number of aromatic nitrogens is 3. The van der Waals surface area contributed by atoms with Crippen LogP contribution < -0.4 is 5.32 Å². The van der Waals surface area contributed by atoms with Gasteiger partial charge in [0, 0.05) is 0 Å². The molecule has 1 saturated carbocycles. The number of fused-ring (bicyclic) bond motifs is 2. The number of aliphatic hydroxyl groups is 1. The van der Waals surface area contributed by atoms with Crippen LogP contribution in [0.3, 0.4) is 0 Å². The summed E-state index contributed by atoms with van der Waals surface area (Å²) in [5.41, 5.74) is 0. The fraction of sp³-hybridized carbons (Fsp3) is 0.867. The number of rotatable bonds is 4. The first kappa shape index (κ1) is 14.6. The maximum atomic E-state index is 10.8. The van der Waals surface area contributed by atoms with Gasteiger partial charge in [-0.15, -0.1) is 0 Å². The van der Waals surface area contributed by atoms with Crippen molar-refractivity contribution in [1.82, 2.24) is 20.1 Å². The van der Waals surface area contributed by atoms with Crippen molar-refractivity contribution < 1.29 is 14.6 Å². The van der Waals surface area contributed by atoms with E-state index in [4.69, 9.17) is 9.47 Å². The van der Waals surface area contributed by atoms with E-state index in [0.29, 0.717) is 12.5 Å². The minimum atomic E-state index is -0.587. The molecule has 1 aliphatic carbocycles. The standard InChI is InChI=1S/C15H24N4O3/c20-14-12(17-6-10-4-2-1-3-5-10)11-7-21-15(22-11)13(14)19-9-16-8-18-19/h8-15,17,20H,1-7H2/t11-,12-,13-,14+,15-/m1/s1. The lowest BCUT2D eigenvalue weighted by Crippen LogP contribution is -2.58. The van der Waals surface area contributed by atoms with E-state index >= 15 is 0 Å². The summed E-state index contributed by atoms with van der Waals surface area (Å²) in [6, 6.07) is -0.458. The van der Waals surface area contributed by atoms with Crippen molar-refractivity contribution in [1.29, 1.82) is 0 Å². The Kier molecular flexibility index (Phi) is 4.13. The SMILES string of the molecule is O[C@H]1[C@H](NCC2CCCCC2)[C@H]2CO[C@H](O2)[C@@H]1n1cncn1. The molecular formula is C15H24N4O3. The molecular weight excluding hydrogens is 284 g/mol. The van der Waals surface area contributed by atoms with Crippen molar-refractivity contribution in [2.45, 2.75) is 62.7 Å². The highest BCUT2D eigenvalue weighted by Gasteiger charge is 2.51. The van der Waals surface area contributed by atoms with Crippen molar-refractivity contribution in [3.63, 3.8) is 0 Å². The normalized spacial score (nSPS) is 39.2. The molecule has 0 unspecified atom stereocenters. The van der Waals surface area contributed by atoms with Crippen LogP contribution in [0.4, 0.5) is 0 Å². The Morgan fingerprint density at radius 2 is 2.14 bits per heavy atom. The zero-order valence-electron chi connectivity index (χ0n) is 12.7. The Balaban J connectivity index is 1.44. The first-order valence-corrected chi connectivity index (χ1v) is 8.35. The largest absolute Gasteiger partial charge is 0.389 e. The summed E-state index contributed by atoms with van der Waals surface area (Å²) in [5.74, 6) is 0.714. The summed E-state index contributed by atoms with van der Waals surface area (Å²) in [7, 11) is 0. The summed E-state index contributed by atoms with van der Waals surface area (Å²) in [6.45, 7) is 1.46. The first-order chi connectivity index (χ1) is 10.8. The molecule has 2 aliphatic heterocycles. The van der Waals surface area contributed by atoms with Gasteiger partial charge in [0.05, 0.1) is 18.8 Å². The van der Waals surface area contributed by atoms with Crippen LogP contribution in [0.5, 0.6) is 0 Å². The summed E-state index contributed by atoms with van der Waals surface area (Å²) in [4.78, 5) is 3.97. The lowest BCUT2D eigenvalue weighted by molar-refractivity contribution is -0.168. The molecule has 0 radical (unpaired) electrons. The molecule has 22 heavy (non-hydrogen) atoms. The van der Waals surface area contributed by atoms with Gasteiger partial charge in [-0.3, -0.25) is 0 Å². The third-order valence-electron chi connectivity index (χ3n) is 5.24. The Morgan fingerprint density at radius 1 is 1.27 bits per heavy atom. The molecule has 0 spiro atoms. The predicted octanol–water partition coefficient (Wildman–Crippen LogP) is 0.474. The Bertz CT molecular complexity index is 477. The van der Waals surface area contributed by atoms with Crippen LogP contribution in [0.25, 0.3) is 0 Å². The van der Waals surface area contributed by atoms with Crippen molar-refractivity contribution in [3.05, 3.63) is 12.7 Å². The highest BCUT2D eigenvalue weighted by atomic mass is 16.7. The van der Waals surface area contributed by atoms with Crippen LogP contribution in [-0.2, 0) is 9.47 Å². The van der Waals surface area contributed by atoms with E-state index in [9.17, 15) is 5.11 Å². The van der Waals surface area contributed by atoms with Crippen LogP contribution >= 0.6 is 0 Å². The number of hydrogen-bond acceptors (Lipinski definition) is 6. The number of aliphatic hydroxyl groups excluding tert-OH is 1. The topological polar surface area (TPSA) is 81.4 Å². The third kappa shape index (κ3) is 2.67. The average molecular weight is 308 g/mol. The van der Waals surface area contributed by atoms with Gasteiger partial charge in [-0.25, -0.2) is 9.67 Å². The molecule has 122 valence electrons. The Hall–Kier alpha value is -1.02. The molecule has 1 aromatic rings. The molecule has 2 N–H and O–H groups in total. The molecule has 3 heterocycles. The first-order valence-electron chi connectivity index (χ1n) is 8.35. The molecule has 3 fully saturated rings. The highest BCUT2D eigenvalue weighted by Crippen LogP contribution is 2.35.